The van der Waals surface area contributed by atoms with Crippen LogP contribution in [-0.2, 0) is 46.4 Å². The Labute approximate surface area is 289 Å². The van der Waals surface area contributed by atoms with E-state index in [0.29, 0.717) is 63.0 Å². The van der Waals surface area contributed by atoms with Crippen LogP contribution < -0.4 is 4.72 Å². The van der Waals surface area contributed by atoms with Crippen LogP contribution in [0.15, 0.2) is 89.3 Å². The molecule has 0 aliphatic carbocycles. The molecule has 0 unspecified atom stereocenters. The largest absolute Gasteiger partial charge is 0.512 e. The summed E-state index contributed by atoms with van der Waals surface area (Å²) in [5, 5.41) is 10.9. The van der Waals surface area contributed by atoms with E-state index in [1.54, 1.807) is 12.1 Å². The van der Waals surface area contributed by atoms with Crippen LogP contribution in [0.1, 0.15) is 74.5 Å². The van der Waals surface area contributed by atoms with Crippen molar-refractivity contribution in [3.8, 4) is 0 Å². The quantitative estimate of drug-likeness (QED) is 0.109. The highest BCUT2D eigenvalue weighted by atomic mass is 32.2. The van der Waals surface area contributed by atoms with Crippen molar-refractivity contribution in [1.82, 2.24) is 4.98 Å². The SMILES string of the molecule is CC[C@@H](C1=C(O)C[C@@](CCCCC(=O)OCCOC)(CCc2ccccc2)OC1=O)c1cccc(NS(=O)(=O)c2ccc(C(F)(F)F)cn2)c1. The number of aliphatic hydroxyl groups is 1. The Hall–Kier alpha value is -4.43. The number of methoxy groups -OCH3 is 1. The zero-order valence-corrected chi connectivity index (χ0v) is 28.7. The molecular weight excluding hydrogens is 677 g/mol. The number of rotatable bonds is 17. The number of ether oxygens (including phenoxy) is 3. The zero-order chi connectivity index (χ0) is 36.4. The molecule has 50 heavy (non-hydrogen) atoms. The molecular formula is C36H41F3N2O8S. The molecule has 2 aromatic carbocycles. The Morgan fingerprint density at radius 2 is 1.82 bits per heavy atom. The molecule has 1 aliphatic rings. The third kappa shape index (κ3) is 10.3. The molecule has 14 heteroatoms. The van der Waals surface area contributed by atoms with Gasteiger partial charge in [-0.1, -0.05) is 49.4 Å². The lowest BCUT2D eigenvalue weighted by Gasteiger charge is -2.39. The van der Waals surface area contributed by atoms with E-state index in [1.807, 2.05) is 37.3 Å². The summed E-state index contributed by atoms with van der Waals surface area (Å²) in [6.07, 6.45) is -1.17. The van der Waals surface area contributed by atoms with Gasteiger partial charge < -0.3 is 19.3 Å². The van der Waals surface area contributed by atoms with Crippen LogP contribution in [0.3, 0.4) is 0 Å². The number of anilines is 1. The van der Waals surface area contributed by atoms with Crippen LogP contribution in [0, 0.1) is 0 Å². The number of hydrogen-bond acceptors (Lipinski definition) is 9. The van der Waals surface area contributed by atoms with E-state index in [2.05, 4.69) is 9.71 Å². The van der Waals surface area contributed by atoms with Crippen molar-refractivity contribution in [2.45, 2.75) is 81.0 Å². The Bertz CT molecular complexity index is 1750. The second-order valence-electron chi connectivity index (χ2n) is 12.1. The van der Waals surface area contributed by atoms with Crippen LogP contribution in [-0.4, -0.2) is 56.4 Å². The van der Waals surface area contributed by atoms with Crippen molar-refractivity contribution in [3.05, 3.63) is 101 Å². The number of hydrogen-bond donors (Lipinski definition) is 2. The minimum Gasteiger partial charge on any atom is -0.512 e. The van der Waals surface area contributed by atoms with E-state index in [4.69, 9.17) is 14.2 Å². The summed E-state index contributed by atoms with van der Waals surface area (Å²) in [4.78, 5) is 29.3. The Morgan fingerprint density at radius 3 is 2.46 bits per heavy atom. The number of benzene rings is 2. The summed E-state index contributed by atoms with van der Waals surface area (Å²) in [6, 6.07) is 17.3. The van der Waals surface area contributed by atoms with Gasteiger partial charge in [-0.2, -0.15) is 21.6 Å². The van der Waals surface area contributed by atoms with Gasteiger partial charge in [0.1, 0.15) is 18.0 Å². The van der Waals surface area contributed by atoms with Gasteiger partial charge >= 0.3 is 18.1 Å². The van der Waals surface area contributed by atoms with Gasteiger partial charge in [0, 0.05) is 37.8 Å². The van der Waals surface area contributed by atoms with Crippen molar-refractivity contribution in [3.63, 3.8) is 0 Å². The number of nitrogens with one attached hydrogen (secondary N) is 1. The summed E-state index contributed by atoms with van der Waals surface area (Å²) in [5.41, 5.74) is -0.408. The monoisotopic (exact) mass is 718 g/mol. The van der Waals surface area contributed by atoms with Crippen molar-refractivity contribution < 1.29 is 50.5 Å². The van der Waals surface area contributed by atoms with E-state index in [1.165, 1.54) is 19.2 Å². The summed E-state index contributed by atoms with van der Waals surface area (Å²) in [6.45, 7) is 2.28. The number of pyridine rings is 1. The molecule has 0 radical (unpaired) electrons. The normalized spacial score (nSPS) is 17.3. The molecule has 1 aromatic heterocycles. The van der Waals surface area contributed by atoms with Crippen LogP contribution in [0.4, 0.5) is 18.9 Å². The first-order chi connectivity index (χ1) is 23.8. The van der Waals surface area contributed by atoms with Gasteiger partial charge in [-0.15, -0.1) is 0 Å². The molecule has 0 amide bonds. The maximum atomic E-state index is 13.8. The van der Waals surface area contributed by atoms with Crippen LogP contribution in [0.5, 0.6) is 0 Å². The van der Waals surface area contributed by atoms with Crippen molar-refractivity contribution in [1.29, 1.82) is 0 Å². The van der Waals surface area contributed by atoms with E-state index in [-0.39, 0.29) is 42.4 Å². The molecule has 3 aromatic rings. The van der Waals surface area contributed by atoms with Crippen molar-refractivity contribution in [2.75, 3.05) is 25.0 Å². The summed E-state index contributed by atoms with van der Waals surface area (Å²) >= 11 is 0. The number of aliphatic hydroxyl groups excluding tert-OH is 1. The fraction of sp³-hybridized carbons (Fsp3) is 0.417. The Kier molecular flexibility index (Phi) is 13.0. The lowest BCUT2D eigenvalue weighted by molar-refractivity contribution is -0.161. The van der Waals surface area contributed by atoms with E-state index in [0.717, 1.165) is 11.6 Å². The minimum atomic E-state index is -4.67. The number of alkyl halides is 3. The molecule has 2 heterocycles. The second kappa shape index (κ2) is 17.0. The number of aromatic nitrogens is 1. The number of carbonyl (C=O) groups excluding carboxylic acids is 2. The maximum absolute atomic E-state index is 13.8. The Balaban J connectivity index is 1.53. The summed E-state index contributed by atoms with van der Waals surface area (Å²) < 4.78 is 83.3. The fourth-order valence-electron chi connectivity index (χ4n) is 5.94. The fourth-order valence-corrected chi connectivity index (χ4v) is 6.92. The highest BCUT2D eigenvalue weighted by Gasteiger charge is 2.43. The number of halogens is 3. The number of cyclic esters (lactones) is 1. The molecule has 2 atom stereocenters. The summed E-state index contributed by atoms with van der Waals surface area (Å²) in [5.74, 6) is -1.82. The second-order valence-corrected chi connectivity index (χ2v) is 13.7. The summed E-state index contributed by atoms with van der Waals surface area (Å²) in [7, 11) is -2.84. The van der Waals surface area contributed by atoms with Gasteiger partial charge in [-0.3, -0.25) is 9.52 Å². The molecule has 270 valence electrons. The predicted molar refractivity (Wildman–Crippen MR) is 179 cm³/mol. The van der Waals surface area contributed by atoms with Gasteiger partial charge in [-0.05, 0) is 73.9 Å². The number of unbranched alkanes of at least 4 members (excludes halogenated alkanes) is 1. The van der Waals surface area contributed by atoms with Crippen molar-refractivity contribution >= 4 is 27.6 Å². The first-order valence-electron chi connectivity index (χ1n) is 16.3. The standard InChI is InChI=1S/C36H41F3N2O8S/c1-3-29(26-12-9-13-28(22-26)41-50(45,46)31-16-15-27(24-40-31)36(37,38)39)33-30(42)23-35(49-34(33)44,19-17-25-10-5-4-6-11-25)18-8-7-14-32(43)48-21-20-47-2/h4-6,9-13,15-16,22,24,29,41-42H,3,7-8,14,17-21,23H2,1-2H3/t29-,35-/m1/s1. The van der Waals surface area contributed by atoms with Gasteiger partial charge in [0.15, 0.2) is 5.03 Å². The van der Waals surface area contributed by atoms with Gasteiger partial charge in [-0.25, -0.2) is 9.78 Å². The van der Waals surface area contributed by atoms with Crippen molar-refractivity contribution in [2.24, 2.45) is 0 Å². The molecule has 0 bridgehead atoms. The van der Waals surface area contributed by atoms with Crippen LogP contribution >= 0.6 is 0 Å². The first kappa shape index (κ1) is 38.4. The third-order valence-electron chi connectivity index (χ3n) is 8.49. The molecule has 0 spiro atoms. The number of nitrogens with zero attached hydrogens (tertiary/aromatic N) is 1. The lowest BCUT2D eigenvalue weighted by atomic mass is 9.79. The zero-order valence-electron chi connectivity index (χ0n) is 27.9. The number of carbonyl (C=O) groups is 2. The average molecular weight is 719 g/mol. The molecule has 1 aliphatic heterocycles. The van der Waals surface area contributed by atoms with Gasteiger partial charge in [0.05, 0.1) is 17.7 Å². The lowest BCUT2D eigenvalue weighted by Crippen LogP contribution is -2.41. The Morgan fingerprint density at radius 1 is 1.06 bits per heavy atom. The maximum Gasteiger partial charge on any atom is 0.417 e. The van der Waals surface area contributed by atoms with E-state index in [9.17, 15) is 36.3 Å². The first-order valence-corrected chi connectivity index (χ1v) is 17.7. The molecule has 4 rings (SSSR count). The molecule has 0 saturated heterocycles. The van der Waals surface area contributed by atoms with Crippen LogP contribution in [0.2, 0.25) is 0 Å². The van der Waals surface area contributed by atoms with E-state index < -0.39 is 44.3 Å². The number of sulfonamides is 1. The van der Waals surface area contributed by atoms with Gasteiger partial charge in [0.2, 0.25) is 0 Å². The third-order valence-corrected chi connectivity index (χ3v) is 9.79. The predicted octanol–water partition coefficient (Wildman–Crippen LogP) is 7.28. The molecule has 0 saturated carbocycles. The highest BCUT2D eigenvalue weighted by molar-refractivity contribution is 7.92. The molecule has 0 fully saturated rings. The topological polar surface area (TPSA) is 141 Å². The van der Waals surface area contributed by atoms with E-state index >= 15 is 0 Å². The average Bonchev–Trinajstić information content (AvgIpc) is 3.08. The van der Waals surface area contributed by atoms with Crippen LogP contribution in [0.25, 0.3) is 0 Å². The molecule has 2 N–H and O–H groups in total. The highest BCUT2D eigenvalue weighted by Crippen LogP contribution is 2.42. The van der Waals surface area contributed by atoms with Gasteiger partial charge in [0.25, 0.3) is 10.0 Å². The smallest absolute Gasteiger partial charge is 0.417 e. The minimum absolute atomic E-state index is 0.0571. The number of aryl methyl sites for hydroxylation is 1. The number of esters is 2. The molecule has 10 nitrogen and oxygen atoms in total.